The number of nitrogens with zero attached hydrogens (tertiary/aromatic N) is 1. The van der Waals surface area contributed by atoms with Crippen molar-refractivity contribution < 1.29 is 8.42 Å². The van der Waals surface area contributed by atoms with E-state index in [1.807, 2.05) is 0 Å². The van der Waals surface area contributed by atoms with Crippen LogP contribution >= 0.6 is 0 Å². The molecule has 2 fully saturated rings. The van der Waals surface area contributed by atoms with Crippen LogP contribution in [0.3, 0.4) is 0 Å². The fourth-order valence-electron chi connectivity index (χ4n) is 4.14. The van der Waals surface area contributed by atoms with Crippen molar-refractivity contribution in [2.45, 2.75) is 50.5 Å². The van der Waals surface area contributed by atoms with E-state index in [0.717, 1.165) is 6.54 Å². The topological polar surface area (TPSA) is 70.6 Å². The normalized spacial score (nSPS) is 25.0. The molecule has 0 bridgehead atoms. The average Bonchev–Trinajstić information content (AvgIpc) is 3.18. The molecule has 1 saturated carbocycles. The third-order valence-corrected chi connectivity index (χ3v) is 7.35. The summed E-state index contributed by atoms with van der Waals surface area (Å²) in [6.07, 6.45) is 5.52. The minimum atomic E-state index is -2.89. The summed E-state index contributed by atoms with van der Waals surface area (Å²) < 4.78 is 23.3. The molecule has 1 atom stereocenters. The van der Waals surface area contributed by atoms with E-state index in [-0.39, 0.29) is 23.0 Å². The van der Waals surface area contributed by atoms with Crippen molar-refractivity contribution in [2.75, 3.05) is 25.1 Å². The molecule has 1 heterocycles. The molecule has 3 rings (SSSR count). The summed E-state index contributed by atoms with van der Waals surface area (Å²) >= 11 is 0. The van der Waals surface area contributed by atoms with E-state index in [1.54, 1.807) is 7.05 Å². The zero-order valence-corrected chi connectivity index (χ0v) is 16.0. The molecule has 0 aromatic heterocycles. The lowest BCUT2D eigenvalue weighted by atomic mass is 9.78. The molecule has 1 aromatic rings. The molecule has 1 aliphatic heterocycles. The first-order chi connectivity index (χ1) is 11.9. The average molecular weight is 364 g/mol. The van der Waals surface area contributed by atoms with Gasteiger partial charge in [0, 0.05) is 25.0 Å². The third kappa shape index (κ3) is 4.35. The van der Waals surface area contributed by atoms with Crippen molar-refractivity contribution in [1.82, 2.24) is 10.6 Å². The first kappa shape index (κ1) is 18.2. The quantitative estimate of drug-likeness (QED) is 0.635. The van der Waals surface area contributed by atoms with Gasteiger partial charge in [0.2, 0.25) is 0 Å². The molecule has 1 aliphatic carbocycles. The number of sulfone groups is 1. The number of nitrogens with one attached hydrogen (secondary N) is 2. The molecule has 0 amide bonds. The summed E-state index contributed by atoms with van der Waals surface area (Å²) in [5.74, 6) is 1.19. The molecule has 2 aliphatic rings. The van der Waals surface area contributed by atoms with E-state index in [9.17, 15) is 8.42 Å². The van der Waals surface area contributed by atoms with Gasteiger partial charge in [-0.05, 0) is 31.7 Å². The monoisotopic (exact) mass is 363 g/mol. The third-order valence-electron chi connectivity index (χ3n) is 5.58. The summed E-state index contributed by atoms with van der Waals surface area (Å²) in [6.45, 7) is 2.97. The Morgan fingerprint density at radius 2 is 2.08 bits per heavy atom. The summed E-state index contributed by atoms with van der Waals surface area (Å²) in [7, 11) is -1.14. The lowest BCUT2D eigenvalue weighted by Crippen LogP contribution is -2.48. The number of hydrogen-bond donors (Lipinski definition) is 2. The van der Waals surface area contributed by atoms with Gasteiger partial charge < -0.3 is 10.6 Å². The molecule has 6 heteroatoms. The Morgan fingerprint density at radius 3 is 2.68 bits per heavy atom. The second-order valence-corrected chi connectivity index (χ2v) is 9.76. The van der Waals surface area contributed by atoms with Crippen LogP contribution in [-0.4, -0.2) is 45.5 Å². The van der Waals surface area contributed by atoms with Crippen LogP contribution in [0.5, 0.6) is 0 Å². The van der Waals surface area contributed by atoms with Crippen LogP contribution in [0.25, 0.3) is 0 Å². The zero-order valence-electron chi connectivity index (χ0n) is 15.2. The Balaban J connectivity index is 1.67. The van der Waals surface area contributed by atoms with Gasteiger partial charge in [-0.3, -0.25) is 4.99 Å². The smallest absolute Gasteiger partial charge is 0.191 e. The zero-order chi connectivity index (χ0) is 17.9. The SMILES string of the molecule is CN=C(NCC1(c2cccc(C)c2)CCCC1)NC1CCS(=O)(=O)C1. The van der Waals surface area contributed by atoms with Gasteiger partial charge in [-0.1, -0.05) is 42.7 Å². The molecule has 0 radical (unpaired) electrons. The highest BCUT2D eigenvalue weighted by molar-refractivity contribution is 7.91. The second-order valence-electron chi connectivity index (χ2n) is 7.53. The Morgan fingerprint density at radius 1 is 1.32 bits per heavy atom. The molecule has 138 valence electrons. The van der Waals surface area contributed by atoms with Crippen LogP contribution in [0.15, 0.2) is 29.3 Å². The predicted molar refractivity (Wildman–Crippen MR) is 103 cm³/mol. The van der Waals surface area contributed by atoms with E-state index >= 15 is 0 Å². The predicted octanol–water partition coefficient (Wildman–Crippen LogP) is 2.16. The number of rotatable bonds is 4. The molecule has 25 heavy (non-hydrogen) atoms. The van der Waals surface area contributed by atoms with Crippen molar-refractivity contribution in [2.24, 2.45) is 4.99 Å². The first-order valence-electron chi connectivity index (χ1n) is 9.17. The number of hydrogen-bond acceptors (Lipinski definition) is 3. The number of benzene rings is 1. The van der Waals surface area contributed by atoms with Gasteiger partial charge in [-0.15, -0.1) is 0 Å². The minimum absolute atomic E-state index is 0.0327. The van der Waals surface area contributed by atoms with Gasteiger partial charge in [0.05, 0.1) is 11.5 Å². The highest BCUT2D eigenvalue weighted by atomic mass is 32.2. The highest BCUT2D eigenvalue weighted by Gasteiger charge is 2.36. The maximum atomic E-state index is 11.6. The number of guanidine groups is 1. The van der Waals surface area contributed by atoms with Gasteiger partial charge in [-0.2, -0.15) is 0 Å². The fourth-order valence-corrected chi connectivity index (χ4v) is 5.82. The van der Waals surface area contributed by atoms with Gasteiger partial charge in [0.1, 0.15) is 0 Å². The second kappa shape index (κ2) is 7.36. The molecule has 1 unspecified atom stereocenters. The van der Waals surface area contributed by atoms with Crippen molar-refractivity contribution in [1.29, 1.82) is 0 Å². The maximum Gasteiger partial charge on any atom is 0.191 e. The van der Waals surface area contributed by atoms with Gasteiger partial charge in [0.15, 0.2) is 15.8 Å². The molecular weight excluding hydrogens is 334 g/mol. The molecule has 5 nitrogen and oxygen atoms in total. The number of aryl methyl sites for hydroxylation is 1. The van der Waals surface area contributed by atoms with Crippen LogP contribution in [0.1, 0.15) is 43.2 Å². The molecule has 2 N–H and O–H groups in total. The van der Waals surface area contributed by atoms with E-state index in [1.165, 1.54) is 36.8 Å². The summed E-state index contributed by atoms with van der Waals surface area (Å²) in [6, 6.07) is 8.78. The number of aliphatic imine (C=N–C) groups is 1. The van der Waals surface area contributed by atoms with E-state index in [0.29, 0.717) is 12.4 Å². The summed E-state index contributed by atoms with van der Waals surface area (Å²) in [5, 5.41) is 6.75. The van der Waals surface area contributed by atoms with Crippen molar-refractivity contribution >= 4 is 15.8 Å². The van der Waals surface area contributed by atoms with E-state index in [2.05, 4.69) is 46.8 Å². The molecule has 1 saturated heterocycles. The van der Waals surface area contributed by atoms with Crippen LogP contribution in [0.4, 0.5) is 0 Å². The van der Waals surface area contributed by atoms with Crippen LogP contribution in [0, 0.1) is 6.92 Å². The van der Waals surface area contributed by atoms with Crippen LogP contribution < -0.4 is 10.6 Å². The van der Waals surface area contributed by atoms with E-state index < -0.39 is 9.84 Å². The lowest BCUT2D eigenvalue weighted by Gasteiger charge is -2.31. The molecule has 1 aromatic carbocycles. The standard InChI is InChI=1S/C19H29N3O2S/c1-15-6-5-7-16(12-15)19(9-3-4-10-19)14-21-18(20-2)22-17-8-11-25(23,24)13-17/h5-7,12,17H,3-4,8-11,13-14H2,1-2H3,(H2,20,21,22). The van der Waals surface area contributed by atoms with Crippen molar-refractivity contribution in [3.63, 3.8) is 0 Å². The van der Waals surface area contributed by atoms with Crippen molar-refractivity contribution in [3.05, 3.63) is 35.4 Å². The van der Waals surface area contributed by atoms with Crippen molar-refractivity contribution in [3.8, 4) is 0 Å². The Kier molecular flexibility index (Phi) is 5.37. The Hall–Kier alpha value is -1.56. The van der Waals surface area contributed by atoms with Gasteiger partial charge >= 0.3 is 0 Å². The van der Waals surface area contributed by atoms with Gasteiger partial charge in [-0.25, -0.2) is 8.42 Å². The largest absolute Gasteiger partial charge is 0.356 e. The van der Waals surface area contributed by atoms with E-state index in [4.69, 9.17) is 0 Å². The van der Waals surface area contributed by atoms with Crippen LogP contribution in [-0.2, 0) is 15.3 Å². The summed E-state index contributed by atoms with van der Waals surface area (Å²) in [5.41, 5.74) is 2.84. The molecular formula is C19H29N3O2S. The maximum absolute atomic E-state index is 11.6. The van der Waals surface area contributed by atoms with Gasteiger partial charge in [0.25, 0.3) is 0 Å². The Bertz CT molecular complexity index is 737. The first-order valence-corrected chi connectivity index (χ1v) is 11.0. The summed E-state index contributed by atoms with van der Waals surface area (Å²) in [4.78, 5) is 4.30. The molecule has 0 spiro atoms. The highest BCUT2D eigenvalue weighted by Crippen LogP contribution is 2.40. The lowest BCUT2D eigenvalue weighted by molar-refractivity contribution is 0.430. The minimum Gasteiger partial charge on any atom is -0.356 e. The van der Waals surface area contributed by atoms with Crippen LogP contribution in [0.2, 0.25) is 0 Å². The Labute approximate surface area is 151 Å². The fraction of sp³-hybridized carbons (Fsp3) is 0.632.